The molecule has 49 heavy (non-hydrogen) atoms. The Morgan fingerprint density at radius 1 is 0.755 bits per heavy atom. The van der Waals surface area contributed by atoms with Crippen molar-refractivity contribution in [3.05, 3.63) is 107 Å². The highest BCUT2D eigenvalue weighted by Gasteiger charge is 2.50. The van der Waals surface area contributed by atoms with Crippen molar-refractivity contribution in [2.24, 2.45) is 5.11 Å². The number of azide groups is 1. The third-order valence-electron chi connectivity index (χ3n) is 9.47. The second-order valence-electron chi connectivity index (χ2n) is 14.2. The molecule has 3 aromatic carbocycles. The Kier molecular flexibility index (Phi) is 17.7. The number of hydrogen-bond donors (Lipinski definition) is 1. The van der Waals surface area contributed by atoms with Crippen LogP contribution in [0.1, 0.15) is 122 Å². The number of carbonyl (C=O) groups is 1. The van der Waals surface area contributed by atoms with E-state index in [9.17, 15) is 15.4 Å². The molecule has 0 saturated carbocycles. The van der Waals surface area contributed by atoms with E-state index in [1.54, 1.807) is 24.3 Å². The molecule has 0 amide bonds. The normalized spacial score (nSPS) is 13.7. The first-order valence-corrected chi connectivity index (χ1v) is 20.4. The highest BCUT2D eigenvalue weighted by Crippen LogP contribution is 2.37. The topological polar surface area (TPSA) is 105 Å². The Hall–Kier alpha value is -3.42. The second-order valence-corrected chi connectivity index (χ2v) is 18.5. The summed E-state index contributed by atoms with van der Waals surface area (Å²) in [4.78, 5) is 16.3. The summed E-state index contributed by atoms with van der Waals surface area (Å²) in [6, 6.07) is 28.3. The van der Waals surface area contributed by atoms with Crippen molar-refractivity contribution in [1.82, 2.24) is 0 Å². The van der Waals surface area contributed by atoms with Gasteiger partial charge in [0.1, 0.15) is 12.2 Å². The monoisotopic (exact) mass is 685 g/mol. The smallest absolute Gasteiger partial charge is 0.338 e. The maximum atomic E-state index is 13.2. The Bertz CT molecular complexity index is 1340. The first kappa shape index (κ1) is 40.0. The Morgan fingerprint density at radius 3 is 1.65 bits per heavy atom. The molecule has 0 aliphatic carbocycles. The van der Waals surface area contributed by atoms with Crippen LogP contribution in [-0.4, -0.2) is 44.2 Å². The molecule has 8 heteroatoms. The number of aliphatic hydroxyl groups is 1. The molecule has 0 aromatic heterocycles. The van der Waals surface area contributed by atoms with Crippen LogP contribution in [0.3, 0.4) is 0 Å². The molecule has 3 atom stereocenters. The summed E-state index contributed by atoms with van der Waals surface area (Å²) in [6.07, 6.45) is 12.9. The molecule has 0 aliphatic rings. The number of rotatable bonds is 23. The van der Waals surface area contributed by atoms with Gasteiger partial charge in [-0.15, -0.1) is 0 Å². The molecule has 0 unspecified atom stereocenters. The van der Waals surface area contributed by atoms with Crippen LogP contribution >= 0.6 is 0 Å². The summed E-state index contributed by atoms with van der Waals surface area (Å²) in [5.41, 5.74) is 10.0. The highest BCUT2D eigenvalue weighted by molar-refractivity contribution is 6.99. The predicted octanol–water partition coefficient (Wildman–Crippen LogP) is 9.92. The quantitative estimate of drug-likeness (QED) is 0.0268. The lowest BCUT2D eigenvalue weighted by molar-refractivity contribution is -0.0359. The summed E-state index contributed by atoms with van der Waals surface area (Å²) >= 11 is 0. The van der Waals surface area contributed by atoms with Gasteiger partial charge < -0.3 is 14.3 Å². The summed E-state index contributed by atoms with van der Waals surface area (Å²) in [6.45, 7) is 8.76. The van der Waals surface area contributed by atoms with Crippen LogP contribution in [0.2, 0.25) is 5.04 Å². The van der Waals surface area contributed by atoms with Gasteiger partial charge in [0.2, 0.25) is 0 Å². The minimum atomic E-state index is -2.97. The lowest BCUT2D eigenvalue weighted by Gasteiger charge is -2.44. The van der Waals surface area contributed by atoms with Crippen LogP contribution in [-0.2, 0) is 9.16 Å². The third-order valence-corrected chi connectivity index (χ3v) is 14.5. The highest BCUT2D eigenvalue weighted by atomic mass is 28.4. The Morgan fingerprint density at radius 2 is 1.20 bits per heavy atom. The summed E-state index contributed by atoms with van der Waals surface area (Å²) in [7, 11) is -2.97. The molecular weight excluding hydrogens is 627 g/mol. The van der Waals surface area contributed by atoms with Crippen molar-refractivity contribution < 1.29 is 19.1 Å². The van der Waals surface area contributed by atoms with Gasteiger partial charge in [0.15, 0.2) is 0 Å². The maximum absolute atomic E-state index is 13.2. The van der Waals surface area contributed by atoms with Gasteiger partial charge in [-0.05, 0) is 45.9 Å². The van der Waals surface area contributed by atoms with E-state index in [0.717, 1.165) is 29.6 Å². The number of ether oxygens (including phenoxy) is 1. The molecule has 3 rings (SSSR count). The second kappa shape index (κ2) is 21.6. The average Bonchev–Trinajstić information content (AvgIpc) is 3.11. The van der Waals surface area contributed by atoms with Crippen LogP contribution in [0, 0.1) is 0 Å². The molecule has 0 aliphatic heterocycles. The van der Waals surface area contributed by atoms with E-state index in [0.29, 0.717) is 12.0 Å². The van der Waals surface area contributed by atoms with Gasteiger partial charge in [0.05, 0.1) is 11.6 Å². The standard InChI is InChI=1S/C41H59N3O4Si/c1-5-6-7-8-9-10-11-12-13-14-15-25-32-38(48-40(46)34-26-19-16-20-27-34)39(45)37(43-44-42)33-47-49(41(2,3)4,35-28-21-17-22-29-35)36-30-23-18-24-31-36/h16-24,26-31,37-39,45H,5-15,25,32-33H2,1-4H3/t37-,38+,39-/m0/s1. The van der Waals surface area contributed by atoms with Crippen LogP contribution in [0.5, 0.6) is 0 Å². The summed E-state index contributed by atoms with van der Waals surface area (Å²) < 4.78 is 13.0. The Balaban J connectivity index is 1.74. The molecular formula is C41H59N3O4Si. The van der Waals surface area contributed by atoms with Gasteiger partial charge in [-0.2, -0.15) is 0 Å². The molecule has 7 nitrogen and oxygen atoms in total. The van der Waals surface area contributed by atoms with Crippen molar-refractivity contribution in [2.45, 2.75) is 134 Å². The number of aliphatic hydroxyl groups excluding tert-OH is 1. The molecule has 0 spiro atoms. The van der Waals surface area contributed by atoms with E-state index in [2.05, 4.69) is 62.0 Å². The van der Waals surface area contributed by atoms with Gasteiger partial charge >= 0.3 is 5.97 Å². The van der Waals surface area contributed by atoms with Gasteiger partial charge in [0.25, 0.3) is 8.32 Å². The van der Waals surface area contributed by atoms with Crippen LogP contribution < -0.4 is 10.4 Å². The lowest BCUT2D eigenvalue weighted by atomic mass is 9.99. The van der Waals surface area contributed by atoms with Crippen molar-refractivity contribution in [2.75, 3.05) is 6.61 Å². The fourth-order valence-electron chi connectivity index (χ4n) is 6.75. The zero-order valence-corrected chi connectivity index (χ0v) is 31.3. The molecule has 0 heterocycles. The van der Waals surface area contributed by atoms with Gasteiger partial charge in [0, 0.05) is 11.5 Å². The maximum Gasteiger partial charge on any atom is 0.338 e. The van der Waals surface area contributed by atoms with E-state index < -0.39 is 32.5 Å². The van der Waals surface area contributed by atoms with Crippen molar-refractivity contribution in [3.8, 4) is 0 Å². The van der Waals surface area contributed by atoms with E-state index >= 15 is 0 Å². The van der Waals surface area contributed by atoms with Crippen LogP contribution in [0.15, 0.2) is 96.1 Å². The summed E-state index contributed by atoms with van der Waals surface area (Å²) in [5.74, 6) is -0.504. The number of esters is 1. The molecule has 0 fully saturated rings. The number of carbonyl (C=O) groups excluding carboxylic acids is 1. The van der Waals surface area contributed by atoms with E-state index in [-0.39, 0.29) is 11.6 Å². The number of benzene rings is 3. The summed E-state index contributed by atoms with van der Waals surface area (Å²) in [5, 5.41) is 17.7. The molecule has 1 N–H and O–H groups in total. The molecule has 3 aromatic rings. The first-order valence-electron chi connectivity index (χ1n) is 18.5. The number of nitrogens with zero attached hydrogens (tertiary/aromatic N) is 3. The van der Waals surface area contributed by atoms with E-state index in [1.807, 2.05) is 42.5 Å². The number of hydrogen-bond acceptors (Lipinski definition) is 5. The van der Waals surface area contributed by atoms with Gasteiger partial charge in [-0.3, -0.25) is 0 Å². The zero-order valence-electron chi connectivity index (χ0n) is 30.3. The van der Waals surface area contributed by atoms with Gasteiger partial charge in [-0.25, -0.2) is 4.79 Å². The zero-order chi connectivity index (χ0) is 35.4. The largest absolute Gasteiger partial charge is 0.456 e. The number of unbranched alkanes of at least 4 members (excludes halogenated alkanes) is 11. The molecule has 0 saturated heterocycles. The third kappa shape index (κ3) is 12.4. The lowest BCUT2D eigenvalue weighted by Crippen LogP contribution is -2.67. The van der Waals surface area contributed by atoms with Crippen LogP contribution in [0.25, 0.3) is 10.4 Å². The molecule has 266 valence electrons. The first-order chi connectivity index (χ1) is 23.7. The fraction of sp³-hybridized carbons (Fsp3) is 0.537. The predicted molar refractivity (Wildman–Crippen MR) is 204 cm³/mol. The van der Waals surface area contributed by atoms with Crippen molar-refractivity contribution >= 4 is 24.7 Å². The van der Waals surface area contributed by atoms with Crippen molar-refractivity contribution in [3.63, 3.8) is 0 Å². The average molecular weight is 686 g/mol. The van der Waals surface area contributed by atoms with E-state index in [1.165, 1.54) is 57.8 Å². The molecule has 0 bridgehead atoms. The SMILES string of the molecule is CCCCCCCCCCCCCC[C@@H](OC(=O)c1ccccc1)[C@@H](O)[C@H](CO[Si](c1ccccc1)(c1ccccc1)C(C)(C)C)N=[N+]=[N-]. The minimum absolute atomic E-state index is 0.0175. The van der Waals surface area contributed by atoms with Crippen molar-refractivity contribution in [1.29, 1.82) is 0 Å². The molecule has 0 radical (unpaired) electrons. The fourth-order valence-corrected chi connectivity index (χ4v) is 11.3. The van der Waals surface area contributed by atoms with Gasteiger partial charge in [-0.1, -0.05) is 182 Å². The Labute approximate surface area is 296 Å². The minimum Gasteiger partial charge on any atom is -0.456 e. The van der Waals surface area contributed by atoms with Crippen LogP contribution in [0.4, 0.5) is 0 Å². The van der Waals surface area contributed by atoms with E-state index in [4.69, 9.17) is 9.16 Å².